The molecule has 0 saturated carbocycles. The molecule has 0 aliphatic rings. The molecule has 0 saturated heterocycles. The Morgan fingerprint density at radius 1 is 0.731 bits per heavy atom. The Balaban J connectivity index is 2.05. The van der Waals surface area contributed by atoms with Gasteiger partial charge in [0.05, 0.1) is 30.7 Å². The van der Waals surface area contributed by atoms with E-state index in [9.17, 15) is 0 Å². The maximum absolute atomic E-state index is 6.34. The molecule has 1 aromatic rings. The van der Waals surface area contributed by atoms with Crippen molar-refractivity contribution in [3.8, 4) is 0 Å². The van der Waals surface area contributed by atoms with Crippen LogP contribution in [-0.2, 0) is 6.54 Å². The summed E-state index contributed by atoms with van der Waals surface area (Å²) in [5.41, 5.74) is 1.16. The minimum Gasteiger partial charge on any atom is -0.325 e. The highest BCUT2D eigenvalue weighted by Crippen LogP contribution is 2.27. The van der Waals surface area contributed by atoms with Crippen molar-refractivity contribution in [1.82, 2.24) is 0 Å². The Labute approximate surface area is 172 Å². The van der Waals surface area contributed by atoms with Crippen LogP contribution in [0.15, 0.2) is 18.2 Å². The molecule has 1 rings (SSSR count). The van der Waals surface area contributed by atoms with Crippen LogP contribution >= 0.6 is 23.2 Å². The zero-order chi connectivity index (χ0) is 19.3. The van der Waals surface area contributed by atoms with Crippen molar-refractivity contribution >= 4 is 23.2 Å². The van der Waals surface area contributed by atoms with Gasteiger partial charge in [-0.2, -0.15) is 0 Å². The lowest BCUT2D eigenvalue weighted by Gasteiger charge is -2.30. The molecule has 0 aromatic heterocycles. The first-order valence-corrected chi connectivity index (χ1v) is 11.5. The molecule has 0 aliphatic carbocycles. The Morgan fingerprint density at radius 2 is 1.23 bits per heavy atom. The van der Waals surface area contributed by atoms with Gasteiger partial charge >= 0.3 is 0 Å². The third-order valence-corrected chi connectivity index (χ3v) is 6.10. The molecule has 0 N–H and O–H groups in total. The van der Waals surface area contributed by atoms with E-state index in [0.29, 0.717) is 5.02 Å². The van der Waals surface area contributed by atoms with Crippen LogP contribution in [0.25, 0.3) is 0 Å². The van der Waals surface area contributed by atoms with Gasteiger partial charge < -0.3 is 4.48 Å². The van der Waals surface area contributed by atoms with Crippen LogP contribution in [0.5, 0.6) is 0 Å². The molecule has 3 heteroatoms. The highest BCUT2D eigenvalue weighted by molar-refractivity contribution is 6.42. The van der Waals surface area contributed by atoms with E-state index in [2.05, 4.69) is 27.1 Å². The largest absolute Gasteiger partial charge is 0.325 e. The van der Waals surface area contributed by atoms with Crippen molar-refractivity contribution in [2.75, 3.05) is 20.6 Å². The average molecular weight is 401 g/mol. The molecule has 1 aromatic carbocycles. The van der Waals surface area contributed by atoms with E-state index in [1.165, 1.54) is 83.6 Å². The number of halogens is 2. The summed E-state index contributed by atoms with van der Waals surface area (Å²) in [7, 11) is 4.57. The van der Waals surface area contributed by atoms with Gasteiger partial charge in [0.2, 0.25) is 0 Å². The molecule has 0 spiro atoms. The van der Waals surface area contributed by atoms with Crippen molar-refractivity contribution in [3.05, 3.63) is 33.8 Å². The van der Waals surface area contributed by atoms with Gasteiger partial charge in [-0.15, -0.1) is 0 Å². The third kappa shape index (κ3) is 10.8. The summed E-state index contributed by atoms with van der Waals surface area (Å²) in [6, 6.07) is 5.95. The van der Waals surface area contributed by atoms with Crippen molar-refractivity contribution < 1.29 is 4.48 Å². The Kier molecular flexibility index (Phi) is 12.7. The van der Waals surface area contributed by atoms with Gasteiger partial charge in [-0.3, -0.25) is 0 Å². The summed E-state index contributed by atoms with van der Waals surface area (Å²) in [5, 5.41) is 1.38. The van der Waals surface area contributed by atoms with Crippen LogP contribution in [-0.4, -0.2) is 25.1 Å². The summed E-state index contributed by atoms with van der Waals surface area (Å²) < 4.78 is 0.970. The molecule has 26 heavy (non-hydrogen) atoms. The third-order valence-electron chi connectivity index (χ3n) is 5.25. The summed E-state index contributed by atoms with van der Waals surface area (Å²) >= 11 is 12.5. The summed E-state index contributed by atoms with van der Waals surface area (Å²) in [6.07, 6.45) is 16.8. The Morgan fingerprint density at radius 3 is 1.77 bits per heavy atom. The molecule has 0 heterocycles. The first kappa shape index (κ1) is 23.8. The highest BCUT2D eigenvalue weighted by atomic mass is 35.5. The number of hydrogen-bond acceptors (Lipinski definition) is 0. The van der Waals surface area contributed by atoms with Gasteiger partial charge in [0.15, 0.2) is 0 Å². The van der Waals surface area contributed by atoms with Crippen LogP contribution < -0.4 is 0 Å². The monoisotopic (exact) mass is 400 g/mol. The van der Waals surface area contributed by atoms with Crippen molar-refractivity contribution in [1.29, 1.82) is 0 Å². The van der Waals surface area contributed by atoms with E-state index in [0.717, 1.165) is 21.6 Å². The lowest BCUT2D eigenvalue weighted by Crippen LogP contribution is -2.39. The van der Waals surface area contributed by atoms with Gasteiger partial charge in [-0.1, -0.05) is 106 Å². The smallest absolute Gasteiger partial charge is 0.105 e. The predicted octanol–water partition coefficient (Wildman–Crippen LogP) is 8.27. The van der Waals surface area contributed by atoms with Crippen molar-refractivity contribution in [3.63, 3.8) is 0 Å². The second-order valence-corrected chi connectivity index (χ2v) is 9.20. The van der Waals surface area contributed by atoms with Crippen LogP contribution in [0.2, 0.25) is 10.0 Å². The van der Waals surface area contributed by atoms with Gasteiger partial charge in [-0.25, -0.2) is 0 Å². The first-order chi connectivity index (χ1) is 12.5. The SMILES string of the molecule is CCCCCCCCCCCCCC[N+](C)(C)Cc1cccc(Cl)c1Cl. The fraction of sp³-hybridized carbons (Fsp3) is 0.739. The predicted molar refractivity (Wildman–Crippen MR) is 118 cm³/mol. The second-order valence-electron chi connectivity index (χ2n) is 8.42. The Hall–Kier alpha value is -0.240. The van der Waals surface area contributed by atoms with E-state index in [1.807, 2.05) is 12.1 Å². The van der Waals surface area contributed by atoms with Crippen molar-refractivity contribution in [2.45, 2.75) is 90.5 Å². The lowest BCUT2D eigenvalue weighted by atomic mass is 10.1. The summed E-state index contributed by atoms with van der Waals surface area (Å²) in [5.74, 6) is 0. The zero-order valence-corrected chi connectivity index (χ0v) is 18.8. The van der Waals surface area contributed by atoms with E-state index in [4.69, 9.17) is 23.2 Å². The topological polar surface area (TPSA) is 0 Å². The summed E-state index contributed by atoms with van der Waals surface area (Å²) in [6.45, 7) is 4.42. The highest BCUT2D eigenvalue weighted by Gasteiger charge is 2.18. The number of nitrogens with zero attached hydrogens (tertiary/aromatic N) is 1. The van der Waals surface area contributed by atoms with Gasteiger partial charge in [0, 0.05) is 5.56 Å². The number of rotatable bonds is 15. The molecule has 0 amide bonds. The number of hydrogen-bond donors (Lipinski definition) is 0. The second kappa shape index (κ2) is 13.9. The quantitative estimate of drug-likeness (QED) is 0.205. The van der Waals surface area contributed by atoms with E-state index in [-0.39, 0.29) is 0 Å². The fourth-order valence-electron chi connectivity index (χ4n) is 3.59. The number of unbranched alkanes of at least 4 members (excludes halogenated alkanes) is 11. The lowest BCUT2D eigenvalue weighted by molar-refractivity contribution is -0.903. The minimum absolute atomic E-state index is 0.662. The maximum Gasteiger partial charge on any atom is 0.105 e. The minimum atomic E-state index is 0.662. The molecule has 0 fully saturated rings. The normalized spacial score (nSPS) is 11.9. The molecule has 0 atom stereocenters. The molecule has 1 nitrogen and oxygen atoms in total. The van der Waals surface area contributed by atoms with E-state index >= 15 is 0 Å². The van der Waals surface area contributed by atoms with Gasteiger partial charge in [0.1, 0.15) is 6.54 Å². The van der Waals surface area contributed by atoms with Crippen LogP contribution in [0, 0.1) is 0 Å². The summed E-state index contributed by atoms with van der Waals surface area (Å²) in [4.78, 5) is 0. The molecular weight excluding hydrogens is 361 g/mol. The molecule has 0 unspecified atom stereocenters. The average Bonchev–Trinajstić information content (AvgIpc) is 2.60. The van der Waals surface area contributed by atoms with Gasteiger partial charge in [0.25, 0.3) is 0 Å². The Bertz CT molecular complexity index is 485. The molecule has 0 bridgehead atoms. The fourth-order valence-corrected chi connectivity index (χ4v) is 3.97. The molecule has 0 aliphatic heterocycles. The number of quaternary nitrogens is 1. The van der Waals surface area contributed by atoms with E-state index in [1.54, 1.807) is 0 Å². The zero-order valence-electron chi connectivity index (χ0n) is 17.3. The van der Waals surface area contributed by atoms with Crippen LogP contribution in [0.4, 0.5) is 0 Å². The van der Waals surface area contributed by atoms with Crippen LogP contribution in [0.1, 0.15) is 89.5 Å². The molecule has 0 radical (unpaired) electrons. The number of benzene rings is 1. The van der Waals surface area contributed by atoms with Gasteiger partial charge in [-0.05, 0) is 18.9 Å². The van der Waals surface area contributed by atoms with Crippen molar-refractivity contribution in [2.24, 2.45) is 0 Å². The van der Waals surface area contributed by atoms with Crippen LogP contribution in [0.3, 0.4) is 0 Å². The maximum atomic E-state index is 6.34. The molecule has 150 valence electrons. The first-order valence-electron chi connectivity index (χ1n) is 10.7. The van der Waals surface area contributed by atoms with E-state index < -0.39 is 0 Å². The molecular formula is C23H40Cl2N+. The standard InChI is InChI=1S/C23H40Cl2N/c1-4-5-6-7-8-9-10-11-12-13-14-15-19-26(2,3)20-21-17-16-18-22(24)23(21)25/h16-18H,4-15,19-20H2,1-3H3/q+1.